The van der Waals surface area contributed by atoms with Crippen molar-refractivity contribution in [3.8, 4) is 0 Å². The number of sulfonamides is 1. The van der Waals surface area contributed by atoms with Crippen LogP contribution in [0.1, 0.15) is 72.9 Å². The summed E-state index contributed by atoms with van der Waals surface area (Å²) in [6, 6.07) is 13.5. The highest BCUT2D eigenvalue weighted by Gasteiger charge is 2.43. The van der Waals surface area contributed by atoms with Crippen molar-refractivity contribution < 1.29 is 17.6 Å². The first-order chi connectivity index (χ1) is 22.9. The molecular formula is C36H46ClFN6O3S. The second-order valence-electron chi connectivity index (χ2n) is 13.9. The molecule has 0 unspecified atom stereocenters. The van der Waals surface area contributed by atoms with E-state index >= 15 is 0 Å². The van der Waals surface area contributed by atoms with Gasteiger partial charge in [0.2, 0.25) is 10.0 Å². The fourth-order valence-electron chi connectivity index (χ4n) is 8.08. The van der Waals surface area contributed by atoms with Crippen molar-refractivity contribution in [3.63, 3.8) is 0 Å². The highest BCUT2D eigenvalue weighted by atomic mass is 35.5. The standard InChI is InChI=1S/C36H46ClFN6O3S/c1-25-23-42(36(4)13-17-41(18-14-36)35(45)33-26(2)39-24-40-27(33)3)19-20-44(25)34(29-7-5-9-31(38)21-29)28-11-15-43(16-12-28)48(46,47)32-10-6-8-30(37)22-32/h5-10,21-22,24-25,28,34H,11-20,23H2,1-4H3/t25-,34-/m0/s1. The van der Waals surface area contributed by atoms with Crippen LogP contribution in [-0.2, 0) is 10.0 Å². The van der Waals surface area contributed by atoms with Gasteiger partial charge in [-0.2, -0.15) is 4.31 Å². The van der Waals surface area contributed by atoms with Crippen molar-refractivity contribution >= 4 is 27.5 Å². The predicted octanol–water partition coefficient (Wildman–Crippen LogP) is 5.73. The molecule has 3 aromatic rings. The smallest absolute Gasteiger partial charge is 0.257 e. The number of carbonyl (C=O) groups excluding carboxylic acids is 1. The van der Waals surface area contributed by atoms with E-state index in [9.17, 15) is 17.6 Å². The molecule has 0 saturated carbocycles. The van der Waals surface area contributed by atoms with Crippen LogP contribution < -0.4 is 0 Å². The maximum atomic E-state index is 14.6. The average molecular weight is 697 g/mol. The third-order valence-electron chi connectivity index (χ3n) is 10.9. The van der Waals surface area contributed by atoms with Gasteiger partial charge in [0.15, 0.2) is 0 Å². The summed E-state index contributed by atoms with van der Waals surface area (Å²) in [5, 5.41) is 0.394. The van der Waals surface area contributed by atoms with Gasteiger partial charge in [0.1, 0.15) is 12.1 Å². The highest BCUT2D eigenvalue weighted by molar-refractivity contribution is 7.89. The lowest BCUT2D eigenvalue weighted by Crippen LogP contribution is -2.63. The van der Waals surface area contributed by atoms with Crippen molar-refractivity contribution in [1.29, 1.82) is 0 Å². The van der Waals surface area contributed by atoms with Gasteiger partial charge in [0.05, 0.1) is 21.8 Å². The number of likely N-dealkylation sites (tertiary alicyclic amines) is 1. The molecule has 258 valence electrons. The first kappa shape index (κ1) is 34.9. The first-order valence-corrected chi connectivity index (χ1v) is 18.8. The van der Waals surface area contributed by atoms with Gasteiger partial charge >= 0.3 is 0 Å². The van der Waals surface area contributed by atoms with E-state index in [-0.39, 0.29) is 40.2 Å². The molecule has 12 heteroatoms. The molecule has 2 atom stereocenters. The molecule has 0 aliphatic carbocycles. The Morgan fingerprint density at radius 3 is 2.25 bits per heavy atom. The maximum Gasteiger partial charge on any atom is 0.257 e. The quantitative estimate of drug-likeness (QED) is 0.312. The number of piperidine rings is 2. The average Bonchev–Trinajstić information content (AvgIpc) is 3.06. The fourth-order valence-corrected chi connectivity index (χ4v) is 9.85. The van der Waals surface area contributed by atoms with Crippen LogP contribution in [0.3, 0.4) is 0 Å². The maximum absolute atomic E-state index is 14.6. The number of halogens is 2. The third kappa shape index (κ3) is 7.03. The van der Waals surface area contributed by atoms with E-state index in [0.717, 1.165) is 38.0 Å². The van der Waals surface area contributed by atoms with Crippen LogP contribution in [-0.4, -0.2) is 101 Å². The zero-order valence-electron chi connectivity index (χ0n) is 28.3. The van der Waals surface area contributed by atoms with E-state index in [1.165, 1.54) is 18.5 Å². The molecule has 6 rings (SSSR count). The van der Waals surface area contributed by atoms with Gasteiger partial charge in [-0.25, -0.2) is 22.8 Å². The summed E-state index contributed by atoms with van der Waals surface area (Å²) in [6.45, 7) is 13.0. The summed E-state index contributed by atoms with van der Waals surface area (Å²) in [4.78, 5) is 29.2. The van der Waals surface area contributed by atoms with Crippen LogP contribution in [0.4, 0.5) is 4.39 Å². The topological polar surface area (TPSA) is 90.0 Å². The molecule has 3 aliphatic heterocycles. The normalized spacial score (nSPS) is 22.5. The molecule has 3 fully saturated rings. The zero-order valence-corrected chi connectivity index (χ0v) is 29.9. The van der Waals surface area contributed by atoms with Crippen LogP contribution in [0, 0.1) is 25.6 Å². The molecule has 0 radical (unpaired) electrons. The molecule has 48 heavy (non-hydrogen) atoms. The minimum atomic E-state index is -3.66. The largest absolute Gasteiger partial charge is 0.338 e. The van der Waals surface area contributed by atoms with Crippen LogP contribution >= 0.6 is 11.6 Å². The number of rotatable bonds is 7. The number of aromatic nitrogens is 2. The van der Waals surface area contributed by atoms with Crippen molar-refractivity contribution in [2.24, 2.45) is 5.92 Å². The zero-order chi connectivity index (χ0) is 34.2. The molecule has 1 aromatic heterocycles. The second kappa shape index (κ2) is 14.1. The van der Waals surface area contributed by atoms with Gasteiger partial charge in [-0.15, -0.1) is 0 Å². The number of amides is 1. The van der Waals surface area contributed by atoms with E-state index in [1.54, 1.807) is 34.6 Å². The lowest BCUT2D eigenvalue weighted by atomic mass is 9.82. The number of nitrogens with zero attached hydrogens (tertiary/aromatic N) is 6. The summed E-state index contributed by atoms with van der Waals surface area (Å²) in [5.74, 6) is -0.0773. The molecule has 0 N–H and O–H groups in total. The van der Waals surface area contributed by atoms with E-state index < -0.39 is 10.0 Å². The minimum Gasteiger partial charge on any atom is -0.338 e. The fraction of sp³-hybridized carbons (Fsp3) is 0.528. The number of benzene rings is 2. The Kier molecular flexibility index (Phi) is 10.3. The number of piperazine rings is 1. The molecular weight excluding hydrogens is 651 g/mol. The van der Waals surface area contributed by atoms with Crippen LogP contribution in [0.2, 0.25) is 5.02 Å². The molecule has 9 nitrogen and oxygen atoms in total. The Labute approximate surface area is 289 Å². The summed E-state index contributed by atoms with van der Waals surface area (Å²) < 4.78 is 43.1. The summed E-state index contributed by atoms with van der Waals surface area (Å²) in [7, 11) is -3.66. The highest BCUT2D eigenvalue weighted by Crippen LogP contribution is 2.40. The van der Waals surface area contributed by atoms with Crippen molar-refractivity contribution in [2.45, 2.75) is 75.9 Å². The summed E-state index contributed by atoms with van der Waals surface area (Å²) >= 11 is 6.11. The first-order valence-electron chi connectivity index (χ1n) is 17.0. The van der Waals surface area contributed by atoms with E-state index in [4.69, 9.17) is 11.6 Å². The molecule has 3 aliphatic rings. The van der Waals surface area contributed by atoms with E-state index in [0.29, 0.717) is 61.0 Å². The molecule has 2 aromatic carbocycles. The summed E-state index contributed by atoms with van der Waals surface area (Å²) in [6.07, 6.45) is 4.63. The Morgan fingerprint density at radius 1 is 0.958 bits per heavy atom. The van der Waals surface area contributed by atoms with Crippen LogP contribution in [0.25, 0.3) is 0 Å². The Morgan fingerprint density at radius 2 is 1.62 bits per heavy atom. The number of aryl methyl sites for hydroxylation is 2. The predicted molar refractivity (Wildman–Crippen MR) is 185 cm³/mol. The van der Waals surface area contributed by atoms with Crippen molar-refractivity contribution in [1.82, 2.24) is 29.0 Å². The van der Waals surface area contributed by atoms with Gasteiger partial charge in [0, 0.05) is 68.5 Å². The lowest BCUT2D eigenvalue weighted by molar-refractivity contribution is -0.0422. The number of hydrogen-bond donors (Lipinski definition) is 0. The molecule has 0 bridgehead atoms. The summed E-state index contributed by atoms with van der Waals surface area (Å²) in [5.41, 5.74) is 2.95. The van der Waals surface area contributed by atoms with Gasteiger partial charge in [-0.3, -0.25) is 14.6 Å². The van der Waals surface area contributed by atoms with E-state index in [1.807, 2.05) is 24.8 Å². The molecule has 1 amide bonds. The minimum absolute atomic E-state index is 0.00943. The van der Waals surface area contributed by atoms with Gasteiger partial charge in [-0.05, 0) is 95.2 Å². The Bertz CT molecular complexity index is 1720. The number of hydrogen-bond acceptors (Lipinski definition) is 7. The Balaban J connectivity index is 1.13. The van der Waals surface area contributed by atoms with Crippen molar-refractivity contribution in [2.75, 3.05) is 45.8 Å². The van der Waals surface area contributed by atoms with Crippen LogP contribution in [0.15, 0.2) is 59.8 Å². The van der Waals surface area contributed by atoms with Crippen LogP contribution in [0.5, 0.6) is 0 Å². The third-order valence-corrected chi connectivity index (χ3v) is 13.1. The Hall–Kier alpha value is -2.96. The molecule has 3 saturated heterocycles. The SMILES string of the molecule is Cc1ncnc(C)c1C(=O)N1CCC(C)(N2CCN([C@H](c3cccc(F)c3)C3CCN(S(=O)(=O)c4cccc(Cl)c4)CC3)[C@@H](C)C2)CC1. The number of carbonyl (C=O) groups is 1. The van der Waals surface area contributed by atoms with Gasteiger partial charge in [0.25, 0.3) is 5.91 Å². The van der Waals surface area contributed by atoms with Gasteiger partial charge in [-0.1, -0.05) is 29.8 Å². The molecule has 0 spiro atoms. The van der Waals surface area contributed by atoms with Gasteiger partial charge < -0.3 is 4.90 Å². The van der Waals surface area contributed by atoms with E-state index in [2.05, 4.69) is 33.6 Å². The lowest BCUT2D eigenvalue weighted by Gasteiger charge is -2.54. The van der Waals surface area contributed by atoms with Crippen molar-refractivity contribution in [3.05, 3.63) is 88.2 Å². The monoisotopic (exact) mass is 696 g/mol. The second-order valence-corrected chi connectivity index (χ2v) is 16.3. The molecule has 4 heterocycles.